The van der Waals surface area contributed by atoms with Crippen LogP contribution in [-0.2, 0) is 0 Å². The lowest BCUT2D eigenvalue weighted by atomic mass is 9.87. The fraction of sp³-hybridized carbons (Fsp3) is 1.00. The first kappa shape index (κ1) is 7.03. The molecular weight excluding hydrogens is 116 g/mol. The molecule has 1 aliphatic rings. The smallest absolute Gasteiger partial charge is 0.0567 e. The lowest BCUT2D eigenvalue weighted by Gasteiger charge is -2.26. The number of aliphatic hydroxyl groups is 2. The first-order valence-electron chi connectivity index (χ1n) is 3.54. The maximum atomic E-state index is 9.09. The van der Waals surface area contributed by atoms with Gasteiger partial charge in [0.2, 0.25) is 0 Å². The summed E-state index contributed by atoms with van der Waals surface area (Å²) in [7, 11) is 0. The van der Waals surface area contributed by atoms with E-state index in [2.05, 4.69) is 6.92 Å². The molecule has 0 aromatic heterocycles. The minimum Gasteiger partial charge on any atom is -0.393 e. The van der Waals surface area contributed by atoms with E-state index in [0.29, 0.717) is 12.3 Å². The first-order valence-corrected chi connectivity index (χ1v) is 3.54. The van der Waals surface area contributed by atoms with Crippen LogP contribution < -0.4 is 0 Å². The zero-order chi connectivity index (χ0) is 6.85. The fourth-order valence-electron chi connectivity index (χ4n) is 1.53. The summed E-state index contributed by atoms with van der Waals surface area (Å²) in [6.45, 7) is 2.06. The Bertz CT molecular complexity index is 67.9. The number of rotatable bonds is 0. The third kappa shape index (κ3) is 1.95. The maximum absolute atomic E-state index is 9.09. The monoisotopic (exact) mass is 130 g/mol. The quantitative estimate of drug-likeness (QED) is 0.502. The van der Waals surface area contributed by atoms with Crippen LogP contribution in [0.5, 0.6) is 0 Å². The van der Waals surface area contributed by atoms with Crippen molar-refractivity contribution < 1.29 is 10.2 Å². The van der Waals surface area contributed by atoms with Crippen LogP contribution in [0.25, 0.3) is 0 Å². The van der Waals surface area contributed by atoms with Gasteiger partial charge in [-0.1, -0.05) is 6.92 Å². The summed E-state index contributed by atoms with van der Waals surface area (Å²) < 4.78 is 0. The van der Waals surface area contributed by atoms with E-state index >= 15 is 0 Å². The Labute approximate surface area is 55.5 Å². The highest BCUT2D eigenvalue weighted by Gasteiger charge is 2.22. The number of aliphatic hydroxyl groups excluding tert-OH is 2. The van der Waals surface area contributed by atoms with E-state index < -0.39 is 0 Å². The molecule has 1 aliphatic carbocycles. The van der Waals surface area contributed by atoms with Crippen molar-refractivity contribution in [2.45, 2.75) is 38.4 Å². The van der Waals surface area contributed by atoms with E-state index in [9.17, 15) is 0 Å². The molecule has 1 fully saturated rings. The topological polar surface area (TPSA) is 40.5 Å². The third-order valence-corrected chi connectivity index (χ3v) is 1.89. The minimum absolute atomic E-state index is 0.260. The number of hydrogen-bond acceptors (Lipinski definition) is 2. The van der Waals surface area contributed by atoms with Gasteiger partial charge in [-0.15, -0.1) is 0 Å². The first-order chi connectivity index (χ1) is 4.18. The summed E-state index contributed by atoms with van der Waals surface area (Å²) in [5.41, 5.74) is 0. The van der Waals surface area contributed by atoms with Crippen molar-refractivity contribution in [1.29, 1.82) is 0 Å². The van der Waals surface area contributed by atoms with Crippen molar-refractivity contribution in [3.05, 3.63) is 0 Å². The van der Waals surface area contributed by atoms with Crippen molar-refractivity contribution in [2.24, 2.45) is 5.92 Å². The normalized spacial score (nSPS) is 45.0. The van der Waals surface area contributed by atoms with Gasteiger partial charge in [0.05, 0.1) is 12.2 Å². The predicted molar refractivity (Wildman–Crippen MR) is 35.0 cm³/mol. The van der Waals surface area contributed by atoms with Gasteiger partial charge in [-0.05, 0) is 25.2 Å². The van der Waals surface area contributed by atoms with E-state index in [1.54, 1.807) is 0 Å². The summed E-state index contributed by atoms with van der Waals surface area (Å²) in [4.78, 5) is 0. The van der Waals surface area contributed by atoms with Crippen LogP contribution in [0.2, 0.25) is 0 Å². The Morgan fingerprint density at radius 2 is 1.44 bits per heavy atom. The van der Waals surface area contributed by atoms with Gasteiger partial charge in [0, 0.05) is 0 Å². The van der Waals surface area contributed by atoms with Gasteiger partial charge in [0.15, 0.2) is 0 Å². The summed E-state index contributed by atoms with van der Waals surface area (Å²) in [5.74, 6) is 0.490. The van der Waals surface area contributed by atoms with Gasteiger partial charge in [-0.3, -0.25) is 0 Å². The van der Waals surface area contributed by atoms with E-state index in [4.69, 9.17) is 10.2 Å². The van der Waals surface area contributed by atoms with Crippen molar-refractivity contribution in [1.82, 2.24) is 0 Å². The molecule has 0 saturated heterocycles. The molecule has 2 nitrogen and oxygen atoms in total. The van der Waals surface area contributed by atoms with Crippen LogP contribution in [0.3, 0.4) is 0 Å². The summed E-state index contributed by atoms with van der Waals surface area (Å²) in [6, 6.07) is 0. The second-order valence-electron chi connectivity index (χ2n) is 3.12. The molecule has 54 valence electrons. The highest BCUT2D eigenvalue weighted by Crippen LogP contribution is 2.23. The van der Waals surface area contributed by atoms with Crippen LogP contribution in [0.1, 0.15) is 26.2 Å². The molecule has 0 bridgehead atoms. The highest BCUT2D eigenvalue weighted by atomic mass is 16.3. The molecule has 3 atom stereocenters. The lowest BCUT2D eigenvalue weighted by Crippen LogP contribution is -2.28. The fourth-order valence-corrected chi connectivity index (χ4v) is 1.53. The molecule has 0 unspecified atom stereocenters. The molecule has 9 heavy (non-hydrogen) atoms. The highest BCUT2D eigenvalue weighted by molar-refractivity contribution is 4.74. The molecule has 1 rings (SSSR count). The Kier molecular flexibility index (Phi) is 2.09. The Morgan fingerprint density at radius 3 is 1.78 bits per heavy atom. The van der Waals surface area contributed by atoms with Gasteiger partial charge in [-0.2, -0.15) is 0 Å². The molecule has 0 aliphatic heterocycles. The number of hydrogen-bond donors (Lipinski definition) is 2. The largest absolute Gasteiger partial charge is 0.393 e. The minimum atomic E-state index is -0.260. The molecule has 2 N–H and O–H groups in total. The second-order valence-corrected chi connectivity index (χ2v) is 3.12. The Hall–Kier alpha value is -0.0800. The molecule has 0 spiro atoms. The second kappa shape index (κ2) is 2.67. The molecule has 0 aromatic rings. The zero-order valence-electron chi connectivity index (χ0n) is 5.75. The molecule has 0 heterocycles. The molecular formula is C7H14O2. The molecule has 2 heteroatoms. The van der Waals surface area contributed by atoms with Crippen LogP contribution in [-0.4, -0.2) is 22.4 Å². The molecule has 1 saturated carbocycles. The summed E-state index contributed by atoms with van der Waals surface area (Å²) in [5, 5.41) is 18.2. The van der Waals surface area contributed by atoms with Gasteiger partial charge in [0.1, 0.15) is 0 Å². The van der Waals surface area contributed by atoms with E-state index in [-0.39, 0.29) is 12.2 Å². The van der Waals surface area contributed by atoms with Crippen molar-refractivity contribution in [3.8, 4) is 0 Å². The standard InChI is InChI=1S/C7H14O2/c1-5-2-6(8)4-7(9)3-5/h5-9H,2-4H2,1H3/t5-,6+,7-. The predicted octanol–water partition coefficient (Wildman–Crippen LogP) is 0.528. The summed E-state index contributed by atoms with van der Waals surface area (Å²) >= 11 is 0. The SMILES string of the molecule is C[C@H]1C[C@@H](O)C[C@@H](O)C1. The van der Waals surface area contributed by atoms with E-state index in [1.807, 2.05) is 0 Å². The zero-order valence-corrected chi connectivity index (χ0v) is 5.75. The average molecular weight is 130 g/mol. The van der Waals surface area contributed by atoms with Crippen LogP contribution >= 0.6 is 0 Å². The van der Waals surface area contributed by atoms with Gasteiger partial charge in [-0.25, -0.2) is 0 Å². The van der Waals surface area contributed by atoms with Crippen LogP contribution in [0, 0.1) is 5.92 Å². The molecule has 0 radical (unpaired) electrons. The average Bonchev–Trinajstić information content (AvgIpc) is 1.59. The van der Waals surface area contributed by atoms with Gasteiger partial charge >= 0.3 is 0 Å². The van der Waals surface area contributed by atoms with Gasteiger partial charge < -0.3 is 10.2 Å². The third-order valence-electron chi connectivity index (χ3n) is 1.89. The van der Waals surface area contributed by atoms with Crippen LogP contribution in [0.15, 0.2) is 0 Å². The van der Waals surface area contributed by atoms with Crippen LogP contribution in [0.4, 0.5) is 0 Å². The van der Waals surface area contributed by atoms with E-state index in [0.717, 1.165) is 12.8 Å². The maximum Gasteiger partial charge on any atom is 0.0567 e. The van der Waals surface area contributed by atoms with E-state index in [1.165, 1.54) is 0 Å². The molecule has 0 amide bonds. The Morgan fingerprint density at radius 1 is 1.00 bits per heavy atom. The molecule has 0 aromatic carbocycles. The lowest BCUT2D eigenvalue weighted by molar-refractivity contribution is 0.0186. The van der Waals surface area contributed by atoms with Gasteiger partial charge in [0.25, 0.3) is 0 Å². The Balaban J connectivity index is 2.34. The van der Waals surface area contributed by atoms with Crippen molar-refractivity contribution in [2.75, 3.05) is 0 Å². The summed E-state index contributed by atoms with van der Waals surface area (Å²) in [6.07, 6.45) is 1.77. The van der Waals surface area contributed by atoms with Crippen molar-refractivity contribution in [3.63, 3.8) is 0 Å². The van der Waals surface area contributed by atoms with Crippen molar-refractivity contribution >= 4 is 0 Å².